The van der Waals surface area contributed by atoms with E-state index >= 15 is 4.39 Å². The van der Waals surface area contributed by atoms with E-state index in [4.69, 9.17) is 4.98 Å². The van der Waals surface area contributed by atoms with Crippen molar-refractivity contribution in [3.8, 4) is 34.0 Å². The van der Waals surface area contributed by atoms with Gasteiger partial charge in [-0.2, -0.15) is 5.10 Å². The van der Waals surface area contributed by atoms with Crippen LogP contribution >= 0.6 is 0 Å². The molecule has 14 heteroatoms. The normalized spacial score (nSPS) is 14.2. The molecule has 11 nitrogen and oxygen atoms in total. The van der Waals surface area contributed by atoms with E-state index in [1.54, 1.807) is 30.7 Å². The molecule has 1 saturated heterocycles. The number of benzene rings is 1. The van der Waals surface area contributed by atoms with E-state index < -0.39 is 21.7 Å². The van der Waals surface area contributed by atoms with Crippen molar-refractivity contribution in [1.29, 1.82) is 0 Å². The Morgan fingerprint density at radius 3 is 2.57 bits per heavy atom. The Balaban J connectivity index is 1.27. The van der Waals surface area contributed by atoms with Crippen molar-refractivity contribution in [2.24, 2.45) is 0 Å². The maximum Gasteiger partial charge on any atom is 0.209 e. The molecule has 1 aromatic carbocycles. The lowest BCUT2D eigenvalue weighted by Crippen LogP contribution is -2.21. The largest absolute Gasteiger partial charge is 0.336 e. The molecule has 1 aliphatic heterocycles. The second-order valence-electron chi connectivity index (χ2n) is 10.9. The molecule has 1 aliphatic rings. The molecule has 0 bridgehead atoms. The van der Waals surface area contributed by atoms with Crippen LogP contribution in [0.15, 0.2) is 55.1 Å². The third-order valence-corrected chi connectivity index (χ3v) is 8.28. The van der Waals surface area contributed by atoms with Crippen molar-refractivity contribution in [2.45, 2.75) is 25.9 Å². The number of fused-ring (bicyclic) bond motifs is 2. The summed E-state index contributed by atoms with van der Waals surface area (Å²) in [6, 6.07) is 7.81. The van der Waals surface area contributed by atoms with Gasteiger partial charge in [-0.15, -0.1) is 0 Å². The predicted octanol–water partition coefficient (Wildman–Crippen LogP) is 4.55. The zero-order valence-electron chi connectivity index (χ0n) is 23.6. The van der Waals surface area contributed by atoms with Crippen LogP contribution in [-0.4, -0.2) is 67.8 Å². The fourth-order valence-corrected chi connectivity index (χ4v) is 6.04. The molecule has 0 unspecified atom stereocenters. The molecule has 0 atom stereocenters. The first-order chi connectivity index (χ1) is 21.2. The third-order valence-electron chi connectivity index (χ3n) is 7.61. The van der Waals surface area contributed by atoms with Gasteiger partial charge in [0.2, 0.25) is 10.0 Å². The average Bonchev–Trinajstić information content (AvgIpc) is 3.75. The lowest BCUT2D eigenvalue weighted by atomic mass is 10.1. The van der Waals surface area contributed by atoms with Gasteiger partial charge in [-0.3, -0.25) is 25.0 Å². The summed E-state index contributed by atoms with van der Waals surface area (Å²) in [4.78, 5) is 23.4. The molecule has 3 N–H and O–H groups in total. The number of hydrogen-bond acceptors (Lipinski definition) is 8. The summed E-state index contributed by atoms with van der Waals surface area (Å²) in [5.74, 6) is -0.826. The molecule has 7 rings (SSSR count). The first-order valence-electron chi connectivity index (χ1n) is 14.0. The summed E-state index contributed by atoms with van der Waals surface area (Å²) < 4.78 is 56.3. The van der Waals surface area contributed by atoms with Gasteiger partial charge < -0.3 is 4.98 Å². The summed E-state index contributed by atoms with van der Waals surface area (Å²) in [5, 5.41) is 7.41. The molecule has 0 radical (unpaired) electrons. The number of pyridine rings is 3. The number of nitrogens with one attached hydrogen (secondary N) is 3. The highest BCUT2D eigenvalue weighted by molar-refractivity contribution is 7.88. The van der Waals surface area contributed by atoms with Gasteiger partial charge in [0, 0.05) is 42.8 Å². The SMILES string of the molecule is CS(=O)(=O)NCc1cc(F)cc(-c2nccc3[nH]c(-c4n[nH]c5cnc(-c6cncc(CN7CCCC7)c6)c(F)c45)nc23)c1. The smallest absolute Gasteiger partial charge is 0.209 e. The zero-order chi connectivity index (χ0) is 30.4. The Bertz CT molecular complexity index is 2140. The van der Waals surface area contributed by atoms with Gasteiger partial charge in [-0.1, -0.05) is 0 Å². The minimum Gasteiger partial charge on any atom is -0.336 e. The predicted molar refractivity (Wildman–Crippen MR) is 162 cm³/mol. The number of hydrogen-bond donors (Lipinski definition) is 3. The minimum absolute atomic E-state index is 0.0863. The topological polar surface area (TPSA) is 145 Å². The Morgan fingerprint density at radius 1 is 0.932 bits per heavy atom. The van der Waals surface area contributed by atoms with Crippen LogP contribution in [0.5, 0.6) is 0 Å². The van der Waals surface area contributed by atoms with Gasteiger partial charge in [-0.25, -0.2) is 26.9 Å². The molecule has 224 valence electrons. The van der Waals surface area contributed by atoms with Gasteiger partial charge in [0.25, 0.3) is 0 Å². The van der Waals surface area contributed by atoms with E-state index in [2.05, 4.69) is 39.8 Å². The maximum absolute atomic E-state index is 16.2. The Kier molecular flexibility index (Phi) is 7.11. The monoisotopic (exact) mass is 615 g/mol. The molecule has 6 aromatic rings. The molecule has 0 spiro atoms. The summed E-state index contributed by atoms with van der Waals surface area (Å²) in [6.07, 6.45) is 9.86. The number of rotatable bonds is 8. The van der Waals surface area contributed by atoms with Crippen molar-refractivity contribution < 1.29 is 17.2 Å². The lowest BCUT2D eigenvalue weighted by molar-refractivity contribution is 0.331. The van der Waals surface area contributed by atoms with E-state index in [0.717, 1.165) is 31.5 Å². The highest BCUT2D eigenvalue weighted by atomic mass is 32.2. The number of aromatic nitrogens is 7. The van der Waals surface area contributed by atoms with E-state index in [9.17, 15) is 12.8 Å². The van der Waals surface area contributed by atoms with Gasteiger partial charge >= 0.3 is 0 Å². The van der Waals surface area contributed by atoms with E-state index in [1.807, 2.05) is 6.07 Å². The first-order valence-corrected chi connectivity index (χ1v) is 15.9. The standard InChI is InChI=1S/C30H27F2N9O2S/c1-44(42,43)36-13-17-8-19(11-21(31)10-17)27-28-22(4-5-34-27)37-30(38-28)29-24-23(39-40-29)15-35-26(25(24)32)20-9-18(12-33-14-20)16-41-6-2-3-7-41/h4-5,8-12,14-15,36H,2-3,6-7,13,16H2,1H3,(H,37,38)(H,39,40). The van der Waals surface area contributed by atoms with E-state index in [-0.39, 0.29) is 29.1 Å². The molecule has 44 heavy (non-hydrogen) atoms. The Hall–Kier alpha value is -4.66. The number of likely N-dealkylation sites (tertiary alicyclic amines) is 1. The number of halogens is 2. The second kappa shape index (κ2) is 11.1. The second-order valence-corrected chi connectivity index (χ2v) is 12.8. The molecule has 6 heterocycles. The summed E-state index contributed by atoms with van der Waals surface area (Å²) >= 11 is 0. The highest BCUT2D eigenvalue weighted by Gasteiger charge is 2.22. The average molecular weight is 616 g/mol. The minimum atomic E-state index is -3.47. The first kappa shape index (κ1) is 28.1. The molecule has 5 aromatic heterocycles. The van der Waals surface area contributed by atoms with Crippen LogP contribution in [-0.2, 0) is 23.1 Å². The van der Waals surface area contributed by atoms with Crippen molar-refractivity contribution in [2.75, 3.05) is 19.3 Å². The number of sulfonamides is 1. The fourth-order valence-electron chi connectivity index (χ4n) is 5.61. The lowest BCUT2D eigenvalue weighted by Gasteiger charge is -2.14. The zero-order valence-corrected chi connectivity index (χ0v) is 24.4. The van der Waals surface area contributed by atoms with Gasteiger partial charge in [0.15, 0.2) is 11.6 Å². The fraction of sp³-hybridized carbons (Fsp3) is 0.233. The van der Waals surface area contributed by atoms with Crippen LogP contribution in [0.4, 0.5) is 8.78 Å². The van der Waals surface area contributed by atoms with Crippen LogP contribution < -0.4 is 4.72 Å². The van der Waals surface area contributed by atoms with Crippen LogP contribution in [0.3, 0.4) is 0 Å². The van der Waals surface area contributed by atoms with E-state index in [1.165, 1.54) is 31.2 Å². The van der Waals surface area contributed by atoms with Crippen LogP contribution in [0, 0.1) is 11.6 Å². The number of aromatic amines is 2. The molecule has 1 fully saturated rings. The van der Waals surface area contributed by atoms with Gasteiger partial charge in [-0.05, 0) is 67.4 Å². The van der Waals surface area contributed by atoms with Gasteiger partial charge in [0.1, 0.15) is 22.7 Å². The van der Waals surface area contributed by atoms with Crippen molar-refractivity contribution in [3.05, 3.63) is 77.9 Å². The number of imidazole rings is 1. The molecule has 0 saturated carbocycles. The summed E-state index contributed by atoms with van der Waals surface area (Å²) in [7, 11) is -3.47. The van der Waals surface area contributed by atoms with E-state index in [0.29, 0.717) is 38.9 Å². The van der Waals surface area contributed by atoms with Crippen molar-refractivity contribution in [1.82, 2.24) is 44.7 Å². The molecule has 0 amide bonds. The number of nitrogens with zero attached hydrogens (tertiary/aromatic N) is 6. The molecular formula is C30H27F2N9O2S. The van der Waals surface area contributed by atoms with Crippen LogP contribution in [0.2, 0.25) is 0 Å². The Morgan fingerprint density at radius 2 is 1.75 bits per heavy atom. The van der Waals surface area contributed by atoms with Gasteiger partial charge in [0.05, 0.1) is 34.6 Å². The van der Waals surface area contributed by atoms with Crippen LogP contribution in [0.25, 0.3) is 56.0 Å². The van der Waals surface area contributed by atoms with Crippen molar-refractivity contribution >= 4 is 32.0 Å². The van der Waals surface area contributed by atoms with Crippen LogP contribution in [0.1, 0.15) is 24.0 Å². The molecule has 0 aliphatic carbocycles. The maximum atomic E-state index is 16.2. The highest BCUT2D eigenvalue weighted by Crippen LogP contribution is 2.34. The summed E-state index contributed by atoms with van der Waals surface area (Å²) in [5.41, 5.74) is 4.55. The Labute approximate surface area is 250 Å². The third kappa shape index (κ3) is 5.54. The quantitative estimate of drug-likeness (QED) is 0.226. The number of H-pyrrole nitrogens is 2. The van der Waals surface area contributed by atoms with Crippen molar-refractivity contribution in [3.63, 3.8) is 0 Å². The molecular weight excluding hydrogens is 588 g/mol. The summed E-state index contributed by atoms with van der Waals surface area (Å²) in [6.45, 7) is 2.74.